The smallest absolute Gasteiger partial charge is 0.229 e. The third-order valence-corrected chi connectivity index (χ3v) is 5.34. The van der Waals surface area contributed by atoms with Gasteiger partial charge in [0.1, 0.15) is 0 Å². The fourth-order valence-electron chi connectivity index (χ4n) is 3.81. The SMILES string of the molecule is Cc1cc(C)cc(Nc2ncc(F)c(-n3cc(CNC4CCNCC4)c(C)n3)n2)c1.Cl. The minimum atomic E-state index is -0.513. The van der Waals surface area contributed by atoms with Crippen LogP contribution in [-0.4, -0.2) is 38.9 Å². The Bertz CT molecular complexity index is 1010. The Kier molecular flexibility index (Phi) is 7.59. The van der Waals surface area contributed by atoms with Crippen molar-refractivity contribution in [2.45, 2.75) is 46.2 Å². The average Bonchev–Trinajstić information content (AvgIpc) is 3.08. The van der Waals surface area contributed by atoms with Gasteiger partial charge >= 0.3 is 0 Å². The molecule has 31 heavy (non-hydrogen) atoms. The molecule has 1 aromatic carbocycles. The van der Waals surface area contributed by atoms with E-state index in [0.29, 0.717) is 18.5 Å². The van der Waals surface area contributed by atoms with Crippen molar-refractivity contribution < 1.29 is 4.39 Å². The van der Waals surface area contributed by atoms with Gasteiger partial charge in [0, 0.05) is 30.0 Å². The Morgan fingerprint density at radius 3 is 2.55 bits per heavy atom. The summed E-state index contributed by atoms with van der Waals surface area (Å²) in [6.07, 6.45) is 5.25. The molecule has 1 fully saturated rings. The predicted octanol–water partition coefficient (Wildman–Crippen LogP) is 3.73. The molecule has 0 atom stereocenters. The Morgan fingerprint density at radius 2 is 1.84 bits per heavy atom. The second kappa shape index (κ2) is 10.2. The van der Waals surface area contributed by atoms with E-state index in [9.17, 15) is 4.39 Å². The van der Waals surface area contributed by atoms with Gasteiger partial charge in [0.05, 0.1) is 11.9 Å². The van der Waals surface area contributed by atoms with Crippen LogP contribution in [-0.2, 0) is 6.54 Å². The van der Waals surface area contributed by atoms with E-state index in [1.54, 1.807) is 0 Å². The molecule has 1 aliphatic heterocycles. The summed E-state index contributed by atoms with van der Waals surface area (Å²) < 4.78 is 16.0. The molecule has 0 saturated carbocycles. The summed E-state index contributed by atoms with van der Waals surface area (Å²) >= 11 is 0. The minimum absolute atomic E-state index is 0. The van der Waals surface area contributed by atoms with E-state index >= 15 is 0 Å². The Hall–Kier alpha value is -2.55. The Labute approximate surface area is 188 Å². The zero-order valence-electron chi connectivity index (χ0n) is 18.1. The highest BCUT2D eigenvalue weighted by atomic mass is 35.5. The first-order valence-corrected chi connectivity index (χ1v) is 10.4. The van der Waals surface area contributed by atoms with E-state index in [1.807, 2.05) is 39.1 Å². The van der Waals surface area contributed by atoms with E-state index in [2.05, 4.69) is 37.1 Å². The normalized spacial score (nSPS) is 14.3. The first-order valence-electron chi connectivity index (χ1n) is 10.4. The molecular formula is C22H29ClFN7. The highest BCUT2D eigenvalue weighted by Gasteiger charge is 2.16. The molecule has 166 valence electrons. The minimum Gasteiger partial charge on any atom is -0.324 e. The van der Waals surface area contributed by atoms with E-state index in [-0.39, 0.29) is 18.2 Å². The number of aromatic nitrogens is 4. The molecular weight excluding hydrogens is 417 g/mol. The molecule has 0 unspecified atom stereocenters. The second-order valence-electron chi connectivity index (χ2n) is 7.96. The fourth-order valence-corrected chi connectivity index (χ4v) is 3.81. The summed E-state index contributed by atoms with van der Waals surface area (Å²) in [6, 6.07) is 6.59. The van der Waals surface area contributed by atoms with Crippen LogP contribution < -0.4 is 16.0 Å². The van der Waals surface area contributed by atoms with Crippen LogP contribution in [0.15, 0.2) is 30.6 Å². The van der Waals surface area contributed by atoms with Crippen LogP contribution in [0.3, 0.4) is 0 Å². The topological polar surface area (TPSA) is 79.7 Å². The van der Waals surface area contributed by atoms with Gasteiger partial charge in [-0.2, -0.15) is 10.1 Å². The maximum atomic E-state index is 14.5. The van der Waals surface area contributed by atoms with Crippen molar-refractivity contribution >= 4 is 24.0 Å². The van der Waals surface area contributed by atoms with E-state index in [0.717, 1.165) is 54.0 Å². The summed E-state index contributed by atoms with van der Waals surface area (Å²) in [5, 5.41) is 14.6. The first kappa shape index (κ1) is 23.1. The van der Waals surface area contributed by atoms with Gasteiger partial charge in [-0.1, -0.05) is 6.07 Å². The standard InChI is InChI=1S/C22H28FN7.ClH/c1-14-8-15(2)10-19(9-14)27-22-26-12-20(23)21(28-22)30-13-17(16(3)29-30)11-25-18-4-6-24-7-5-18;/h8-10,12-13,18,24-25H,4-7,11H2,1-3H3,(H,26,27,28);1H. The number of nitrogens with zero attached hydrogens (tertiary/aromatic N) is 4. The van der Waals surface area contributed by atoms with Gasteiger partial charge in [-0.25, -0.2) is 14.1 Å². The number of hydrogen-bond acceptors (Lipinski definition) is 6. The fraction of sp³-hybridized carbons (Fsp3) is 0.409. The summed E-state index contributed by atoms with van der Waals surface area (Å²) in [5.74, 6) is -0.0478. The van der Waals surface area contributed by atoms with Crippen molar-refractivity contribution in [3.05, 3.63) is 58.8 Å². The third-order valence-electron chi connectivity index (χ3n) is 5.34. The Morgan fingerprint density at radius 1 is 1.13 bits per heavy atom. The lowest BCUT2D eigenvalue weighted by Crippen LogP contribution is -2.39. The van der Waals surface area contributed by atoms with Crippen molar-refractivity contribution in [3.8, 4) is 5.82 Å². The molecule has 4 rings (SSSR count). The van der Waals surface area contributed by atoms with Crippen molar-refractivity contribution in [2.75, 3.05) is 18.4 Å². The number of benzene rings is 1. The van der Waals surface area contributed by atoms with Crippen LogP contribution >= 0.6 is 12.4 Å². The number of nitrogens with one attached hydrogen (secondary N) is 3. The van der Waals surface area contributed by atoms with Gasteiger partial charge in [0.2, 0.25) is 5.95 Å². The third kappa shape index (κ3) is 5.78. The van der Waals surface area contributed by atoms with Crippen LogP contribution in [0.2, 0.25) is 0 Å². The van der Waals surface area contributed by atoms with Crippen molar-refractivity contribution in [1.29, 1.82) is 0 Å². The number of halogens is 2. The van der Waals surface area contributed by atoms with E-state index in [4.69, 9.17) is 0 Å². The lowest BCUT2D eigenvalue weighted by Gasteiger charge is -2.23. The van der Waals surface area contributed by atoms with Crippen molar-refractivity contribution in [1.82, 2.24) is 30.4 Å². The number of piperidine rings is 1. The second-order valence-corrected chi connectivity index (χ2v) is 7.96. The van der Waals surface area contributed by atoms with Crippen LogP contribution in [0, 0.1) is 26.6 Å². The van der Waals surface area contributed by atoms with Crippen LogP contribution in [0.4, 0.5) is 16.0 Å². The number of aryl methyl sites for hydroxylation is 3. The molecule has 0 aliphatic carbocycles. The molecule has 1 saturated heterocycles. The van der Waals surface area contributed by atoms with Gasteiger partial charge in [0.25, 0.3) is 0 Å². The highest BCUT2D eigenvalue weighted by molar-refractivity contribution is 5.85. The highest BCUT2D eigenvalue weighted by Crippen LogP contribution is 2.20. The molecule has 3 heterocycles. The molecule has 1 aliphatic rings. The molecule has 9 heteroatoms. The molecule has 7 nitrogen and oxygen atoms in total. The summed E-state index contributed by atoms with van der Waals surface area (Å²) in [4.78, 5) is 8.47. The average molecular weight is 446 g/mol. The van der Waals surface area contributed by atoms with Gasteiger partial charge in [-0.15, -0.1) is 12.4 Å². The molecule has 3 aromatic rings. The molecule has 3 N–H and O–H groups in total. The maximum absolute atomic E-state index is 14.5. The van der Waals surface area contributed by atoms with Gasteiger partial charge in [0.15, 0.2) is 11.6 Å². The number of anilines is 2. The Balaban J connectivity index is 0.00000272. The van der Waals surface area contributed by atoms with Crippen LogP contribution in [0.25, 0.3) is 5.82 Å². The largest absolute Gasteiger partial charge is 0.324 e. The van der Waals surface area contributed by atoms with Crippen LogP contribution in [0.5, 0.6) is 0 Å². The number of rotatable bonds is 6. The zero-order chi connectivity index (χ0) is 21.1. The van der Waals surface area contributed by atoms with E-state index in [1.165, 1.54) is 10.9 Å². The van der Waals surface area contributed by atoms with Crippen LogP contribution in [0.1, 0.15) is 35.2 Å². The zero-order valence-corrected chi connectivity index (χ0v) is 18.9. The predicted molar refractivity (Wildman–Crippen MR) is 123 cm³/mol. The molecule has 0 bridgehead atoms. The summed E-state index contributed by atoms with van der Waals surface area (Å²) in [7, 11) is 0. The molecule has 0 spiro atoms. The maximum Gasteiger partial charge on any atom is 0.229 e. The summed E-state index contributed by atoms with van der Waals surface area (Å²) in [6.45, 7) is 8.78. The van der Waals surface area contributed by atoms with E-state index < -0.39 is 5.82 Å². The first-order chi connectivity index (χ1) is 14.5. The van der Waals surface area contributed by atoms with Gasteiger partial charge in [-0.3, -0.25) is 0 Å². The molecule has 0 radical (unpaired) electrons. The monoisotopic (exact) mass is 445 g/mol. The van der Waals surface area contributed by atoms with Gasteiger partial charge in [-0.05, 0) is 70.0 Å². The molecule has 0 amide bonds. The quantitative estimate of drug-likeness (QED) is 0.536. The summed E-state index contributed by atoms with van der Waals surface area (Å²) in [5.41, 5.74) is 5.03. The molecule has 2 aromatic heterocycles. The lowest BCUT2D eigenvalue weighted by atomic mass is 10.1. The van der Waals surface area contributed by atoms with Crippen molar-refractivity contribution in [2.24, 2.45) is 0 Å². The van der Waals surface area contributed by atoms with Gasteiger partial charge < -0.3 is 16.0 Å². The number of hydrogen-bond donors (Lipinski definition) is 3. The van der Waals surface area contributed by atoms with Crippen molar-refractivity contribution in [3.63, 3.8) is 0 Å². The lowest BCUT2D eigenvalue weighted by molar-refractivity contribution is 0.386.